The molecule has 4 nitrogen and oxygen atoms in total. The number of alkyl halides is 1. The van der Waals surface area contributed by atoms with Crippen molar-refractivity contribution in [3.63, 3.8) is 0 Å². The van der Waals surface area contributed by atoms with Gasteiger partial charge in [-0.15, -0.1) is 11.6 Å². The highest BCUT2D eigenvalue weighted by molar-refractivity contribution is 6.18. The van der Waals surface area contributed by atoms with Crippen molar-refractivity contribution in [2.75, 3.05) is 23.9 Å². The zero-order valence-electron chi connectivity index (χ0n) is 12.9. The van der Waals surface area contributed by atoms with Crippen molar-refractivity contribution in [1.82, 2.24) is 9.97 Å². The largest absolute Gasteiger partial charge is 0.367 e. The van der Waals surface area contributed by atoms with Crippen LogP contribution in [0.25, 0.3) is 0 Å². The van der Waals surface area contributed by atoms with Crippen LogP contribution in [0.4, 0.5) is 5.82 Å². The van der Waals surface area contributed by atoms with Gasteiger partial charge >= 0.3 is 0 Å². The number of ether oxygens (including phenoxy) is 1. The molecular weight excluding hydrogens is 286 g/mol. The maximum absolute atomic E-state index is 6.05. The van der Waals surface area contributed by atoms with Gasteiger partial charge in [0.05, 0.1) is 17.6 Å². The summed E-state index contributed by atoms with van der Waals surface area (Å²) in [5.74, 6) is 1.63. The van der Waals surface area contributed by atoms with Crippen molar-refractivity contribution in [2.24, 2.45) is 0 Å². The van der Waals surface area contributed by atoms with Crippen LogP contribution in [0.15, 0.2) is 6.33 Å². The van der Waals surface area contributed by atoms with Crippen LogP contribution in [0.3, 0.4) is 0 Å². The molecule has 2 aliphatic rings. The number of fused-ring (bicyclic) bond motifs is 1. The van der Waals surface area contributed by atoms with Crippen LogP contribution in [0.5, 0.6) is 0 Å². The molecule has 0 spiro atoms. The van der Waals surface area contributed by atoms with Crippen LogP contribution in [-0.2, 0) is 17.6 Å². The monoisotopic (exact) mass is 309 g/mol. The van der Waals surface area contributed by atoms with Crippen LogP contribution in [-0.4, -0.2) is 40.6 Å². The average Bonchev–Trinajstić information content (AvgIpc) is 2.70. The number of hydrogen-bond donors (Lipinski definition) is 0. The molecule has 0 amide bonds. The highest BCUT2D eigenvalue weighted by Gasteiger charge is 2.34. The summed E-state index contributed by atoms with van der Waals surface area (Å²) < 4.78 is 6.03. The highest BCUT2D eigenvalue weighted by atomic mass is 35.5. The van der Waals surface area contributed by atoms with E-state index in [4.69, 9.17) is 16.3 Å². The van der Waals surface area contributed by atoms with E-state index in [1.165, 1.54) is 30.5 Å². The van der Waals surface area contributed by atoms with E-state index in [0.717, 1.165) is 31.7 Å². The second kappa shape index (κ2) is 6.09. The van der Waals surface area contributed by atoms with E-state index in [0.29, 0.717) is 5.88 Å². The SMILES string of the molecule is CC1(C)CN(c2ncnc3c2CCCCC3)CC(CCl)O1. The summed E-state index contributed by atoms with van der Waals surface area (Å²) in [5, 5.41) is 0. The summed E-state index contributed by atoms with van der Waals surface area (Å²) in [4.78, 5) is 11.5. The van der Waals surface area contributed by atoms with Gasteiger partial charge in [0.1, 0.15) is 12.1 Å². The van der Waals surface area contributed by atoms with Gasteiger partial charge in [-0.2, -0.15) is 0 Å². The lowest BCUT2D eigenvalue weighted by Crippen LogP contribution is -2.54. The fourth-order valence-corrected chi connectivity index (χ4v) is 3.65. The van der Waals surface area contributed by atoms with E-state index in [-0.39, 0.29) is 11.7 Å². The Kier molecular flexibility index (Phi) is 4.36. The number of hydrogen-bond acceptors (Lipinski definition) is 4. The Morgan fingerprint density at radius 3 is 2.90 bits per heavy atom. The minimum atomic E-state index is -0.194. The molecule has 1 aromatic heterocycles. The van der Waals surface area contributed by atoms with E-state index >= 15 is 0 Å². The van der Waals surface area contributed by atoms with Crippen LogP contribution in [0.1, 0.15) is 44.4 Å². The lowest BCUT2D eigenvalue weighted by Gasteiger charge is -2.43. The summed E-state index contributed by atoms with van der Waals surface area (Å²) >= 11 is 6.05. The summed E-state index contributed by atoms with van der Waals surface area (Å²) in [5.41, 5.74) is 2.39. The Morgan fingerprint density at radius 1 is 1.29 bits per heavy atom. The number of morpholine rings is 1. The number of aryl methyl sites for hydroxylation is 1. The summed E-state index contributed by atoms with van der Waals surface area (Å²) in [6.07, 6.45) is 7.72. The Labute approximate surface area is 131 Å². The molecular formula is C16H24ClN3O. The molecule has 0 aromatic carbocycles. The number of halogens is 1. The zero-order chi connectivity index (χ0) is 14.9. The van der Waals surface area contributed by atoms with Crippen LogP contribution >= 0.6 is 11.6 Å². The lowest BCUT2D eigenvalue weighted by molar-refractivity contribution is -0.0736. The minimum Gasteiger partial charge on any atom is -0.367 e. The van der Waals surface area contributed by atoms with E-state index in [1.807, 2.05) is 0 Å². The van der Waals surface area contributed by atoms with Crippen molar-refractivity contribution in [3.8, 4) is 0 Å². The van der Waals surface area contributed by atoms with E-state index in [2.05, 4.69) is 28.7 Å². The number of aromatic nitrogens is 2. The van der Waals surface area contributed by atoms with Gasteiger partial charge in [0, 0.05) is 24.3 Å². The zero-order valence-corrected chi connectivity index (χ0v) is 13.7. The maximum Gasteiger partial charge on any atom is 0.135 e. The molecule has 1 atom stereocenters. The molecule has 0 bridgehead atoms. The molecule has 0 radical (unpaired) electrons. The highest BCUT2D eigenvalue weighted by Crippen LogP contribution is 2.31. The van der Waals surface area contributed by atoms with Gasteiger partial charge in [-0.3, -0.25) is 0 Å². The third-order valence-corrected chi connectivity index (χ3v) is 4.65. The summed E-state index contributed by atoms with van der Waals surface area (Å²) in [6.45, 7) is 5.91. The molecule has 1 fully saturated rings. The van der Waals surface area contributed by atoms with Crippen molar-refractivity contribution < 1.29 is 4.74 Å². The van der Waals surface area contributed by atoms with E-state index in [1.54, 1.807) is 6.33 Å². The molecule has 21 heavy (non-hydrogen) atoms. The quantitative estimate of drug-likeness (QED) is 0.622. The first kappa shape index (κ1) is 15.0. The molecule has 1 aromatic rings. The Balaban J connectivity index is 1.92. The number of anilines is 1. The topological polar surface area (TPSA) is 38.2 Å². The second-order valence-corrected chi connectivity index (χ2v) is 7.03. The van der Waals surface area contributed by atoms with E-state index < -0.39 is 0 Å². The first-order valence-corrected chi connectivity index (χ1v) is 8.44. The third-order valence-electron chi connectivity index (χ3n) is 4.31. The van der Waals surface area contributed by atoms with Gasteiger partial charge in [0.15, 0.2) is 0 Å². The van der Waals surface area contributed by atoms with E-state index in [9.17, 15) is 0 Å². The Bertz CT molecular complexity index is 506. The Morgan fingerprint density at radius 2 is 2.10 bits per heavy atom. The number of rotatable bonds is 2. The van der Waals surface area contributed by atoms with Crippen LogP contribution in [0, 0.1) is 0 Å². The third kappa shape index (κ3) is 3.32. The minimum absolute atomic E-state index is 0.0619. The molecule has 5 heteroatoms. The van der Waals surface area contributed by atoms with Gasteiger partial charge in [0.25, 0.3) is 0 Å². The van der Waals surface area contributed by atoms with Gasteiger partial charge in [0.2, 0.25) is 0 Å². The predicted molar refractivity (Wildman–Crippen MR) is 85.2 cm³/mol. The molecule has 2 heterocycles. The first-order chi connectivity index (χ1) is 10.1. The molecule has 0 saturated carbocycles. The normalized spacial score (nSPS) is 25.3. The molecule has 1 aliphatic heterocycles. The second-order valence-electron chi connectivity index (χ2n) is 6.72. The summed E-state index contributed by atoms with van der Waals surface area (Å²) in [7, 11) is 0. The maximum atomic E-state index is 6.05. The molecule has 3 rings (SSSR count). The molecule has 1 unspecified atom stereocenters. The molecule has 0 N–H and O–H groups in total. The first-order valence-electron chi connectivity index (χ1n) is 7.90. The van der Waals surface area contributed by atoms with Gasteiger partial charge in [-0.25, -0.2) is 9.97 Å². The standard InChI is InChI=1S/C16H24ClN3O/c1-16(2)10-20(9-12(8-17)21-16)15-13-6-4-3-5-7-14(13)18-11-19-15/h11-12H,3-10H2,1-2H3. The lowest BCUT2D eigenvalue weighted by atomic mass is 10.0. The van der Waals surface area contributed by atoms with Crippen molar-refractivity contribution in [3.05, 3.63) is 17.6 Å². The smallest absolute Gasteiger partial charge is 0.135 e. The van der Waals surface area contributed by atoms with Gasteiger partial charge in [-0.1, -0.05) is 6.42 Å². The average molecular weight is 310 g/mol. The van der Waals surface area contributed by atoms with Gasteiger partial charge in [-0.05, 0) is 39.5 Å². The number of nitrogens with zero attached hydrogens (tertiary/aromatic N) is 3. The van der Waals surface area contributed by atoms with Crippen molar-refractivity contribution in [1.29, 1.82) is 0 Å². The predicted octanol–water partition coefficient (Wildman–Crippen LogP) is 2.97. The van der Waals surface area contributed by atoms with Crippen molar-refractivity contribution in [2.45, 2.75) is 57.7 Å². The fourth-order valence-electron chi connectivity index (χ4n) is 3.49. The molecule has 116 valence electrons. The Hall–Kier alpha value is -0.870. The molecule has 1 aliphatic carbocycles. The molecule has 1 saturated heterocycles. The van der Waals surface area contributed by atoms with Crippen molar-refractivity contribution >= 4 is 17.4 Å². The van der Waals surface area contributed by atoms with Crippen LogP contribution in [0.2, 0.25) is 0 Å². The summed E-state index contributed by atoms with van der Waals surface area (Å²) in [6, 6.07) is 0. The fraction of sp³-hybridized carbons (Fsp3) is 0.750. The van der Waals surface area contributed by atoms with Gasteiger partial charge < -0.3 is 9.64 Å². The van der Waals surface area contributed by atoms with Crippen LogP contribution < -0.4 is 4.90 Å².